The molecule has 35 heavy (non-hydrogen) atoms. The van der Waals surface area contributed by atoms with Gasteiger partial charge in [0.15, 0.2) is 0 Å². The van der Waals surface area contributed by atoms with Crippen molar-refractivity contribution in [1.82, 2.24) is 0 Å². The standard InChI is InChI=1S/C32H28N2O/c1-2-9-23(10-3-1)22-35-31-16-7-4-11-25(31)21-33-26-19-17-24(18-20-26)32-29-14-8-13-27(29)28-12-5-6-15-30(28)34-32/h1-13,15-21,27,29,32,34H,14,22H2/t27-,29+,32-/m1/s1. The van der Waals surface area contributed by atoms with E-state index in [0.717, 1.165) is 29.0 Å². The second-order valence-electron chi connectivity index (χ2n) is 9.22. The molecule has 1 aliphatic heterocycles. The van der Waals surface area contributed by atoms with Crippen LogP contribution in [0.25, 0.3) is 0 Å². The van der Waals surface area contributed by atoms with Crippen molar-refractivity contribution in [3.8, 4) is 5.75 Å². The first-order chi connectivity index (χ1) is 17.3. The molecule has 4 aromatic carbocycles. The Morgan fingerprint density at radius 3 is 2.49 bits per heavy atom. The summed E-state index contributed by atoms with van der Waals surface area (Å²) >= 11 is 0. The van der Waals surface area contributed by atoms with Crippen LogP contribution in [0.3, 0.4) is 0 Å². The van der Waals surface area contributed by atoms with E-state index in [1.165, 1.54) is 16.8 Å². The Bertz CT molecular complexity index is 1360. The topological polar surface area (TPSA) is 33.6 Å². The second kappa shape index (κ2) is 9.63. The highest BCUT2D eigenvalue weighted by atomic mass is 16.5. The Hall–Kier alpha value is -4.11. The van der Waals surface area contributed by atoms with Crippen LogP contribution in [-0.4, -0.2) is 6.21 Å². The second-order valence-corrected chi connectivity index (χ2v) is 9.22. The average Bonchev–Trinajstić information content (AvgIpc) is 3.42. The summed E-state index contributed by atoms with van der Waals surface area (Å²) < 4.78 is 6.07. The fourth-order valence-electron chi connectivity index (χ4n) is 5.24. The lowest BCUT2D eigenvalue weighted by Crippen LogP contribution is -2.28. The Morgan fingerprint density at radius 2 is 1.60 bits per heavy atom. The van der Waals surface area contributed by atoms with E-state index in [1.807, 2.05) is 48.7 Å². The lowest BCUT2D eigenvalue weighted by atomic mass is 9.77. The largest absolute Gasteiger partial charge is 0.488 e. The van der Waals surface area contributed by atoms with Crippen molar-refractivity contribution in [2.75, 3.05) is 5.32 Å². The van der Waals surface area contributed by atoms with Crippen LogP contribution in [0.2, 0.25) is 0 Å². The number of fused-ring (bicyclic) bond motifs is 3. The van der Waals surface area contributed by atoms with Crippen LogP contribution < -0.4 is 10.1 Å². The van der Waals surface area contributed by atoms with Gasteiger partial charge in [0, 0.05) is 23.4 Å². The Balaban J connectivity index is 1.18. The highest BCUT2D eigenvalue weighted by Crippen LogP contribution is 2.49. The van der Waals surface area contributed by atoms with Gasteiger partial charge in [0.2, 0.25) is 0 Å². The minimum Gasteiger partial charge on any atom is -0.488 e. The van der Waals surface area contributed by atoms with Crippen LogP contribution in [0.1, 0.15) is 40.6 Å². The fraction of sp³-hybridized carbons (Fsp3) is 0.156. The van der Waals surface area contributed by atoms with Crippen LogP contribution in [-0.2, 0) is 6.61 Å². The zero-order chi connectivity index (χ0) is 23.5. The van der Waals surface area contributed by atoms with E-state index in [-0.39, 0.29) is 0 Å². The third kappa shape index (κ3) is 4.50. The number of rotatable bonds is 6. The molecule has 0 fully saturated rings. The predicted molar refractivity (Wildman–Crippen MR) is 144 cm³/mol. The van der Waals surface area contributed by atoms with Gasteiger partial charge in [-0.1, -0.05) is 84.9 Å². The Kier molecular flexibility index (Phi) is 5.90. The monoisotopic (exact) mass is 456 g/mol. The zero-order valence-corrected chi connectivity index (χ0v) is 19.5. The molecule has 1 N–H and O–H groups in total. The smallest absolute Gasteiger partial charge is 0.128 e. The zero-order valence-electron chi connectivity index (χ0n) is 19.5. The molecule has 0 saturated carbocycles. The molecule has 0 unspecified atom stereocenters. The van der Waals surface area contributed by atoms with E-state index in [4.69, 9.17) is 9.73 Å². The van der Waals surface area contributed by atoms with Crippen LogP contribution >= 0.6 is 0 Å². The fourth-order valence-corrected chi connectivity index (χ4v) is 5.24. The molecule has 1 heterocycles. The third-order valence-electron chi connectivity index (χ3n) is 7.03. The maximum Gasteiger partial charge on any atom is 0.128 e. The number of para-hydroxylation sites is 2. The summed E-state index contributed by atoms with van der Waals surface area (Å²) in [6, 6.07) is 35.9. The van der Waals surface area contributed by atoms with E-state index >= 15 is 0 Å². The maximum atomic E-state index is 6.07. The Labute approximate surface area is 206 Å². The quantitative estimate of drug-likeness (QED) is 0.237. The molecule has 0 saturated heterocycles. The molecule has 3 nitrogen and oxygen atoms in total. The molecule has 0 spiro atoms. The number of benzene rings is 4. The summed E-state index contributed by atoms with van der Waals surface area (Å²) in [5.41, 5.74) is 7.02. The van der Waals surface area contributed by atoms with Crippen molar-refractivity contribution in [3.05, 3.63) is 138 Å². The van der Waals surface area contributed by atoms with Gasteiger partial charge in [0.05, 0.1) is 11.7 Å². The molecule has 2 aliphatic rings. The van der Waals surface area contributed by atoms with Gasteiger partial charge in [0.25, 0.3) is 0 Å². The van der Waals surface area contributed by atoms with E-state index < -0.39 is 0 Å². The van der Waals surface area contributed by atoms with Crippen molar-refractivity contribution < 1.29 is 4.74 Å². The number of nitrogens with one attached hydrogen (secondary N) is 1. The van der Waals surface area contributed by atoms with Gasteiger partial charge in [-0.2, -0.15) is 0 Å². The third-order valence-corrected chi connectivity index (χ3v) is 7.03. The van der Waals surface area contributed by atoms with Gasteiger partial charge in [-0.05, 0) is 59.4 Å². The number of hydrogen-bond acceptors (Lipinski definition) is 3. The SMILES string of the molecule is C1=C[C@@H]2c3ccccc3N[C@H](c3ccc(N=Cc4ccccc4OCc4ccccc4)cc3)[C@H]2C1. The molecule has 0 radical (unpaired) electrons. The first kappa shape index (κ1) is 21.4. The van der Waals surface area contributed by atoms with Crippen molar-refractivity contribution in [1.29, 1.82) is 0 Å². The number of aliphatic imine (C=N–C) groups is 1. The van der Waals surface area contributed by atoms with Gasteiger partial charge in [-0.15, -0.1) is 0 Å². The summed E-state index contributed by atoms with van der Waals surface area (Å²) in [5, 5.41) is 3.80. The van der Waals surface area contributed by atoms with Crippen molar-refractivity contribution in [2.24, 2.45) is 10.9 Å². The summed E-state index contributed by atoms with van der Waals surface area (Å²) in [6.07, 6.45) is 7.72. The van der Waals surface area contributed by atoms with Crippen LogP contribution in [0.5, 0.6) is 5.75 Å². The predicted octanol–water partition coefficient (Wildman–Crippen LogP) is 7.84. The van der Waals surface area contributed by atoms with Crippen molar-refractivity contribution in [3.63, 3.8) is 0 Å². The van der Waals surface area contributed by atoms with E-state index in [9.17, 15) is 0 Å². The van der Waals surface area contributed by atoms with E-state index in [0.29, 0.717) is 24.5 Å². The molecular formula is C32H28N2O. The maximum absolute atomic E-state index is 6.07. The van der Waals surface area contributed by atoms with Crippen molar-refractivity contribution in [2.45, 2.75) is 25.0 Å². The van der Waals surface area contributed by atoms with Crippen molar-refractivity contribution >= 4 is 17.6 Å². The summed E-state index contributed by atoms with van der Waals surface area (Å²) in [4.78, 5) is 4.74. The van der Waals surface area contributed by atoms with E-state index in [1.54, 1.807) is 0 Å². The molecular weight excluding hydrogens is 428 g/mol. The average molecular weight is 457 g/mol. The molecule has 0 aromatic heterocycles. The number of anilines is 1. The molecule has 172 valence electrons. The van der Waals surface area contributed by atoms with Crippen LogP contribution in [0.15, 0.2) is 120 Å². The molecule has 6 rings (SSSR count). The van der Waals surface area contributed by atoms with Crippen LogP contribution in [0, 0.1) is 5.92 Å². The number of nitrogens with zero attached hydrogens (tertiary/aromatic N) is 1. The highest BCUT2D eigenvalue weighted by Gasteiger charge is 2.37. The number of hydrogen-bond donors (Lipinski definition) is 1. The number of ether oxygens (including phenoxy) is 1. The van der Waals surface area contributed by atoms with Gasteiger partial charge < -0.3 is 10.1 Å². The molecule has 0 amide bonds. The first-order valence-electron chi connectivity index (χ1n) is 12.3. The first-order valence-corrected chi connectivity index (χ1v) is 12.3. The lowest BCUT2D eigenvalue weighted by Gasteiger charge is -2.37. The van der Waals surface area contributed by atoms with E-state index in [2.05, 4.69) is 78.1 Å². The number of allylic oxidation sites excluding steroid dienone is 2. The molecule has 0 bridgehead atoms. The van der Waals surface area contributed by atoms with Gasteiger partial charge in [0.1, 0.15) is 12.4 Å². The lowest BCUT2D eigenvalue weighted by molar-refractivity contribution is 0.306. The summed E-state index contributed by atoms with van der Waals surface area (Å²) in [6.45, 7) is 0.537. The molecule has 3 heteroatoms. The van der Waals surface area contributed by atoms with Crippen LogP contribution in [0.4, 0.5) is 11.4 Å². The minimum absolute atomic E-state index is 0.301. The van der Waals surface area contributed by atoms with Gasteiger partial charge in [-0.3, -0.25) is 4.99 Å². The Morgan fingerprint density at radius 1 is 0.829 bits per heavy atom. The summed E-state index contributed by atoms with van der Waals surface area (Å²) in [5.74, 6) is 1.87. The molecule has 1 aliphatic carbocycles. The summed E-state index contributed by atoms with van der Waals surface area (Å²) in [7, 11) is 0. The minimum atomic E-state index is 0.301. The van der Waals surface area contributed by atoms with Gasteiger partial charge >= 0.3 is 0 Å². The van der Waals surface area contributed by atoms with Gasteiger partial charge in [-0.25, -0.2) is 0 Å². The normalized spacial score (nSPS) is 20.3. The molecule has 4 aromatic rings. The highest BCUT2D eigenvalue weighted by molar-refractivity contribution is 5.85. The molecule has 3 atom stereocenters.